The van der Waals surface area contributed by atoms with Gasteiger partial charge in [-0.2, -0.15) is 0 Å². The van der Waals surface area contributed by atoms with E-state index in [4.69, 9.17) is 8.94 Å². The Hall–Kier alpha value is -3.75. The van der Waals surface area contributed by atoms with Gasteiger partial charge in [0.05, 0.1) is 24.3 Å². The van der Waals surface area contributed by atoms with Crippen LogP contribution in [0.15, 0.2) is 64.5 Å². The minimum atomic E-state index is -0.435. The Kier molecular flexibility index (Phi) is 3.35. The first-order valence-corrected chi connectivity index (χ1v) is 6.92. The van der Waals surface area contributed by atoms with Crippen LogP contribution < -0.4 is 5.32 Å². The number of hydrogen-bond acceptors (Lipinski definition) is 7. The summed E-state index contributed by atoms with van der Waals surface area (Å²) in [5, 5.41) is 6.37. The molecule has 1 amide bonds. The molecule has 0 saturated heterocycles. The molecule has 4 heterocycles. The molecule has 0 saturated carbocycles. The number of aromatic nitrogens is 5. The van der Waals surface area contributed by atoms with Gasteiger partial charge >= 0.3 is 0 Å². The standard InChI is InChI=1S/C15H10N6O3/c22-14(11-6-13(24-20-11)12-2-1-5-23-12)19-10-7-17-15(18-8-10)21-4-3-16-9-21/h1-9H,(H,19,22). The van der Waals surface area contributed by atoms with Crippen LogP contribution in [0.5, 0.6) is 0 Å². The quantitative estimate of drug-likeness (QED) is 0.612. The van der Waals surface area contributed by atoms with Crippen LogP contribution in [-0.4, -0.2) is 30.6 Å². The summed E-state index contributed by atoms with van der Waals surface area (Å²) < 4.78 is 11.9. The van der Waals surface area contributed by atoms with Gasteiger partial charge in [-0.15, -0.1) is 0 Å². The lowest BCUT2D eigenvalue weighted by Gasteiger charge is -2.03. The van der Waals surface area contributed by atoms with Crippen molar-refractivity contribution < 1.29 is 13.7 Å². The predicted octanol–water partition coefficient (Wildman–Crippen LogP) is 2.16. The zero-order valence-electron chi connectivity index (χ0n) is 12.2. The maximum atomic E-state index is 12.2. The van der Waals surface area contributed by atoms with Crippen molar-refractivity contribution in [3.05, 3.63) is 61.3 Å². The predicted molar refractivity (Wildman–Crippen MR) is 81.3 cm³/mol. The fourth-order valence-corrected chi connectivity index (χ4v) is 2.01. The average molecular weight is 322 g/mol. The Bertz CT molecular complexity index is 942. The molecule has 0 fully saturated rings. The van der Waals surface area contributed by atoms with Gasteiger partial charge in [-0.05, 0) is 12.1 Å². The lowest BCUT2D eigenvalue weighted by Crippen LogP contribution is -2.13. The molecule has 0 spiro atoms. The van der Waals surface area contributed by atoms with Gasteiger partial charge in [-0.1, -0.05) is 5.16 Å². The molecule has 0 aromatic carbocycles. The third-order valence-electron chi connectivity index (χ3n) is 3.14. The summed E-state index contributed by atoms with van der Waals surface area (Å²) in [7, 11) is 0. The van der Waals surface area contributed by atoms with Crippen LogP contribution in [0, 0.1) is 0 Å². The van der Waals surface area contributed by atoms with Gasteiger partial charge in [-0.3, -0.25) is 9.36 Å². The van der Waals surface area contributed by atoms with Crippen molar-refractivity contribution in [2.75, 3.05) is 5.32 Å². The number of carbonyl (C=O) groups excluding carboxylic acids is 1. The molecule has 0 bridgehead atoms. The van der Waals surface area contributed by atoms with Crippen LogP contribution >= 0.6 is 0 Å². The summed E-state index contributed by atoms with van der Waals surface area (Å²) >= 11 is 0. The van der Waals surface area contributed by atoms with E-state index in [0.717, 1.165) is 0 Å². The number of rotatable bonds is 4. The summed E-state index contributed by atoms with van der Waals surface area (Å²) in [5.74, 6) is 0.883. The van der Waals surface area contributed by atoms with Gasteiger partial charge in [0.25, 0.3) is 5.91 Å². The highest BCUT2D eigenvalue weighted by Gasteiger charge is 2.15. The van der Waals surface area contributed by atoms with Crippen molar-refractivity contribution in [3.8, 4) is 17.5 Å². The second kappa shape index (κ2) is 5.80. The Balaban J connectivity index is 1.48. The lowest BCUT2D eigenvalue weighted by molar-refractivity contribution is 0.101. The van der Waals surface area contributed by atoms with E-state index in [2.05, 4.69) is 25.4 Å². The van der Waals surface area contributed by atoms with E-state index in [1.807, 2.05) is 0 Å². The third-order valence-corrected chi connectivity index (χ3v) is 3.14. The SMILES string of the molecule is O=C(Nc1cnc(-n2ccnc2)nc1)c1cc(-c2ccco2)on1. The molecule has 9 heteroatoms. The van der Waals surface area contributed by atoms with Crippen molar-refractivity contribution >= 4 is 11.6 Å². The Labute approximate surface area is 135 Å². The van der Waals surface area contributed by atoms with Gasteiger partial charge in [0.2, 0.25) is 11.7 Å². The minimum absolute atomic E-state index is 0.125. The van der Waals surface area contributed by atoms with E-state index in [9.17, 15) is 4.79 Å². The van der Waals surface area contributed by atoms with Gasteiger partial charge in [0.1, 0.15) is 6.33 Å². The zero-order chi connectivity index (χ0) is 16.4. The smallest absolute Gasteiger partial charge is 0.277 e. The molecule has 24 heavy (non-hydrogen) atoms. The monoisotopic (exact) mass is 322 g/mol. The van der Waals surface area contributed by atoms with Crippen LogP contribution in [0.25, 0.3) is 17.5 Å². The maximum absolute atomic E-state index is 12.2. The number of furan rings is 1. The fourth-order valence-electron chi connectivity index (χ4n) is 2.01. The number of amides is 1. The largest absolute Gasteiger partial charge is 0.461 e. The Morgan fingerprint density at radius 3 is 2.79 bits per heavy atom. The van der Waals surface area contributed by atoms with E-state index in [1.165, 1.54) is 24.7 Å². The van der Waals surface area contributed by atoms with E-state index in [0.29, 0.717) is 23.2 Å². The fraction of sp³-hybridized carbons (Fsp3) is 0. The van der Waals surface area contributed by atoms with Crippen LogP contribution in [0.2, 0.25) is 0 Å². The van der Waals surface area contributed by atoms with Crippen molar-refractivity contribution in [1.29, 1.82) is 0 Å². The molecule has 4 aromatic rings. The first-order valence-electron chi connectivity index (χ1n) is 6.92. The van der Waals surface area contributed by atoms with Crippen LogP contribution in [0.4, 0.5) is 5.69 Å². The molecule has 0 unspecified atom stereocenters. The Morgan fingerprint density at radius 1 is 1.21 bits per heavy atom. The highest BCUT2D eigenvalue weighted by molar-refractivity contribution is 6.03. The number of nitrogens with one attached hydrogen (secondary N) is 1. The topological polar surface area (TPSA) is 112 Å². The van der Waals surface area contributed by atoms with Crippen molar-refractivity contribution in [1.82, 2.24) is 24.7 Å². The van der Waals surface area contributed by atoms with E-state index >= 15 is 0 Å². The number of carbonyl (C=O) groups is 1. The van der Waals surface area contributed by atoms with Crippen molar-refractivity contribution in [3.63, 3.8) is 0 Å². The second-order valence-corrected chi connectivity index (χ2v) is 4.75. The normalized spacial score (nSPS) is 10.7. The zero-order valence-corrected chi connectivity index (χ0v) is 12.2. The summed E-state index contributed by atoms with van der Waals surface area (Å²) in [6.07, 6.45) is 9.43. The van der Waals surface area contributed by atoms with Crippen molar-refractivity contribution in [2.45, 2.75) is 0 Å². The Morgan fingerprint density at radius 2 is 2.08 bits per heavy atom. The van der Waals surface area contributed by atoms with E-state index in [-0.39, 0.29) is 5.69 Å². The molecule has 9 nitrogen and oxygen atoms in total. The number of imidazole rings is 1. The molecule has 4 aromatic heterocycles. The van der Waals surface area contributed by atoms with E-state index in [1.54, 1.807) is 35.4 Å². The molecule has 0 atom stereocenters. The van der Waals surface area contributed by atoms with Crippen molar-refractivity contribution in [2.24, 2.45) is 0 Å². The lowest BCUT2D eigenvalue weighted by atomic mass is 10.3. The summed E-state index contributed by atoms with van der Waals surface area (Å²) in [6, 6.07) is 4.93. The highest BCUT2D eigenvalue weighted by atomic mass is 16.5. The minimum Gasteiger partial charge on any atom is -0.461 e. The van der Waals surface area contributed by atoms with Gasteiger partial charge < -0.3 is 14.3 Å². The maximum Gasteiger partial charge on any atom is 0.277 e. The molecule has 118 valence electrons. The molecule has 4 rings (SSSR count). The number of hydrogen-bond donors (Lipinski definition) is 1. The van der Waals surface area contributed by atoms with Gasteiger partial charge in [0.15, 0.2) is 11.5 Å². The molecule has 0 aliphatic heterocycles. The van der Waals surface area contributed by atoms with Crippen LogP contribution in [0.3, 0.4) is 0 Å². The molecule has 0 aliphatic rings. The van der Waals surface area contributed by atoms with Gasteiger partial charge in [0, 0.05) is 18.5 Å². The molecule has 0 radical (unpaired) electrons. The number of anilines is 1. The highest BCUT2D eigenvalue weighted by Crippen LogP contribution is 2.21. The average Bonchev–Trinajstić information content (AvgIpc) is 3.35. The van der Waals surface area contributed by atoms with Gasteiger partial charge in [-0.25, -0.2) is 15.0 Å². The molecule has 1 N–H and O–H groups in total. The summed E-state index contributed by atoms with van der Waals surface area (Å²) in [5.41, 5.74) is 0.562. The molecular weight excluding hydrogens is 312 g/mol. The van der Waals surface area contributed by atoms with Crippen LogP contribution in [0.1, 0.15) is 10.5 Å². The van der Waals surface area contributed by atoms with E-state index < -0.39 is 5.91 Å². The first kappa shape index (κ1) is 13.9. The molecular formula is C15H10N6O3. The summed E-state index contributed by atoms with van der Waals surface area (Å²) in [4.78, 5) is 24.4. The third kappa shape index (κ3) is 2.65. The number of nitrogens with zero attached hydrogens (tertiary/aromatic N) is 5. The summed E-state index contributed by atoms with van der Waals surface area (Å²) in [6.45, 7) is 0. The van der Waals surface area contributed by atoms with Crippen LogP contribution in [-0.2, 0) is 0 Å². The molecule has 0 aliphatic carbocycles. The second-order valence-electron chi connectivity index (χ2n) is 4.75. The first-order chi connectivity index (χ1) is 11.8.